The monoisotopic (exact) mass is 662 g/mol. The molecule has 0 radical (unpaired) electrons. The molecular weight excluding hydrogens is 629 g/mol. The van der Waals surface area contributed by atoms with Crippen LogP contribution in [0.2, 0.25) is 0 Å². The predicted molar refractivity (Wildman–Crippen MR) is 220 cm³/mol. The van der Waals surface area contributed by atoms with Gasteiger partial charge >= 0.3 is 0 Å². The highest BCUT2D eigenvalue weighted by Crippen LogP contribution is 2.51. The van der Waals surface area contributed by atoms with E-state index in [1.165, 1.54) is 98.7 Å². The minimum absolute atomic E-state index is 0.0601. The van der Waals surface area contributed by atoms with Crippen LogP contribution in [-0.4, -0.2) is 0 Å². The maximum Gasteiger partial charge on any atom is 0.136 e. The minimum Gasteiger partial charge on any atom is -0.456 e. The van der Waals surface area contributed by atoms with Crippen LogP contribution in [0.5, 0.6) is 0 Å². The standard InChI is InChI=1S/C51H34O/c1-51(2)43-20-10-9-14-37(43)38-28-26-34(30-44(38)51)48-41-17-7-5-15-39(41)47(40-16-6-8-18-42(40)48)33-24-22-32(23-25-33)36-19-11-21-45-49(36)50-35-13-4-3-12-31(35)27-29-46(50)52-45/h3-30H,1-2H3. The average Bonchev–Trinajstić information content (AvgIpc) is 3.69. The fourth-order valence-corrected chi connectivity index (χ4v) is 9.25. The Hall–Kier alpha value is -6.44. The van der Waals surface area contributed by atoms with Crippen molar-refractivity contribution in [2.75, 3.05) is 0 Å². The summed E-state index contributed by atoms with van der Waals surface area (Å²) in [4.78, 5) is 0. The van der Waals surface area contributed by atoms with Crippen LogP contribution in [0, 0.1) is 0 Å². The lowest BCUT2D eigenvalue weighted by molar-refractivity contribution is 0.660. The van der Waals surface area contributed by atoms with Gasteiger partial charge in [0.2, 0.25) is 0 Å². The van der Waals surface area contributed by atoms with E-state index in [2.05, 4.69) is 184 Å². The Morgan fingerprint density at radius 2 is 0.904 bits per heavy atom. The van der Waals surface area contributed by atoms with E-state index in [4.69, 9.17) is 4.42 Å². The molecule has 1 aliphatic rings. The van der Waals surface area contributed by atoms with Crippen LogP contribution < -0.4 is 0 Å². The first-order chi connectivity index (χ1) is 25.6. The second-order valence-electron chi connectivity index (χ2n) is 14.8. The van der Waals surface area contributed by atoms with Gasteiger partial charge in [-0.1, -0.05) is 166 Å². The Balaban J connectivity index is 1.10. The summed E-state index contributed by atoms with van der Waals surface area (Å²) in [7, 11) is 0. The first-order valence-corrected chi connectivity index (χ1v) is 18.2. The smallest absolute Gasteiger partial charge is 0.136 e. The van der Waals surface area contributed by atoms with Gasteiger partial charge in [-0.05, 0) is 106 Å². The first kappa shape index (κ1) is 29.3. The van der Waals surface area contributed by atoms with Gasteiger partial charge in [-0.15, -0.1) is 0 Å². The molecule has 0 N–H and O–H groups in total. The molecule has 1 heteroatoms. The maximum absolute atomic E-state index is 6.41. The Labute approximate surface area is 302 Å². The van der Waals surface area contributed by atoms with Gasteiger partial charge in [0.15, 0.2) is 0 Å². The summed E-state index contributed by atoms with van der Waals surface area (Å²) >= 11 is 0. The molecule has 52 heavy (non-hydrogen) atoms. The lowest BCUT2D eigenvalue weighted by Crippen LogP contribution is -2.14. The van der Waals surface area contributed by atoms with Crippen molar-refractivity contribution in [3.05, 3.63) is 181 Å². The zero-order valence-electron chi connectivity index (χ0n) is 29.1. The molecule has 1 nitrogen and oxygen atoms in total. The Morgan fingerprint density at radius 1 is 0.365 bits per heavy atom. The average molecular weight is 663 g/mol. The molecule has 0 fully saturated rings. The predicted octanol–water partition coefficient (Wildman–Crippen LogP) is 14.4. The van der Waals surface area contributed by atoms with Gasteiger partial charge in [0.1, 0.15) is 11.2 Å². The van der Waals surface area contributed by atoms with E-state index in [1.54, 1.807) is 0 Å². The highest BCUT2D eigenvalue weighted by molar-refractivity contribution is 6.23. The molecule has 1 heterocycles. The van der Waals surface area contributed by atoms with Crippen molar-refractivity contribution in [2.45, 2.75) is 19.3 Å². The van der Waals surface area contributed by atoms with Crippen LogP contribution in [0.1, 0.15) is 25.0 Å². The zero-order chi connectivity index (χ0) is 34.6. The number of rotatable bonds is 3. The topological polar surface area (TPSA) is 13.1 Å². The Kier molecular flexibility index (Phi) is 6.08. The van der Waals surface area contributed by atoms with E-state index >= 15 is 0 Å². The zero-order valence-corrected chi connectivity index (χ0v) is 29.1. The van der Waals surface area contributed by atoms with Crippen LogP contribution >= 0.6 is 0 Å². The van der Waals surface area contributed by atoms with Gasteiger partial charge in [0.25, 0.3) is 0 Å². The summed E-state index contributed by atoms with van der Waals surface area (Å²) in [6, 6.07) is 62.4. The molecule has 0 saturated carbocycles. The van der Waals surface area contributed by atoms with Crippen molar-refractivity contribution in [3.8, 4) is 44.5 Å². The third kappa shape index (κ3) is 4.05. The van der Waals surface area contributed by atoms with Crippen LogP contribution in [0.4, 0.5) is 0 Å². The van der Waals surface area contributed by atoms with E-state index in [9.17, 15) is 0 Å². The van der Waals surface area contributed by atoms with Gasteiger partial charge in [0.05, 0.1) is 0 Å². The second-order valence-corrected chi connectivity index (χ2v) is 14.8. The normalized spacial score (nSPS) is 13.3. The molecule has 1 aliphatic carbocycles. The summed E-state index contributed by atoms with van der Waals surface area (Å²) < 4.78 is 6.41. The largest absolute Gasteiger partial charge is 0.456 e. The van der Waals surface area contributed by atoms with Crippen molar-refractivity contribution in [2.24, 2.45) is 0 Å². The molecule has 0 amide bonds. The Bertz CT molecular complexity index is 3030. The third-order valence-corrected chi connectivity index (χ3v) is 11.7. The summed E-state index contributed by atoms with van der Waals surface area (Å²) in [5, 5.41) is 9.87. The van der Waals surface area contributed by atoms with Crippen molar-refractivity contribution >= 4 is 54.3 Å². The van der Waals surface area contributed by atoms with Crippen molar-refractivity contribution in [3.63, 3.8) is 0 Å². The highest BCUT2D eigenvalue weighted by Gasteiger charge is 2.35. The molecule has 9 aromatic carbocycles. The second kappa shape index (κ2) is 10.8. The van der Waals surface area contributed by atoms with Gasteiger partial charge in [-0.25, -0.2) is 0 Å². The van der Waals surface area contributed by atoms with Crippen molar-refractivity contribution in [1.29, 1.82) is 0 Å². The molecule has 0 bridgehead atoms. The van der Waals surface area contributed by atoms with Gasteiger partial charge in [-0.3, -0.25) is 0 Å². The van der Waals surface area contributed by atoms with E-state index in [-0.39, 0.29) is 5.41 Å². The number of furan rings is 1. The van der Waals surface area contributed by atoms with Crippen LogP contribution in [0.3, 0.4) is 0 Å². The van der Waals surface area contributed by atoms with Gasteiger partial charge < -0.3 is 4.42 Å². The van der Waals surface area contributed by atoms with Crippen molar-refractivity contribution < 1.29 is 4.42 Å². The van der Waals surface area contributed by atoms with Gasteiger partial charge in [-0.2, -0.15) is 0 Å². The number of fused-ring (bicyclic) bond motifs is 10. The number of hydrogen-bond acceptors (Lipinski definition) is 1. The molecule has 244 valence electrons. The molecule has 0 unspecified atom stereocenters. The molecule has 1 aromatic heterocycles. The highest BCUT2D eigenvalue weighted by atomic mass is 16.3. The molecule has 0 spiro atoms. The van der Waals surface area contributed by atoms with E-state index in [0.29, 0.717) is 0 Å². The lowest BCUT2D eigenvalue weighted by atomic mass is 9.80. The van der Waals surface area contributed by atoms with E-state index in [1.807, 2.05) is 0 Å². The van der Waals surface area contributed by atoms with E-state index in [0.717, 1.165) is 11.2 Å². The fraction of sp³-hybridized carbons (Fsp3) is 0.0588. The third-order valence-electron chi connectivity index (χ3n) is 11.7. The Morgan fingerprint density at radius 3 is 1.63 bits per heavy atom. The molecule has 11 rings (SSSR count). The van der Waals surface area contributed by atoms with Crippen LogP contribution in [-0.2, 0) is 5.41 Å². The maximum atomic E-state index is 6.41. The minimum atomic E-state index is -0.0601. The number of hydrogen-bond donors (Lipinski definition) is 0. The fourth-order valence-electron chi connectivity index (χ4n) is 9.25. The quantitative estimate of drug-likeness (QED) is 0.172. The summed E-state index contributed by atoms with van der Waals surface area (Å²) in [6.45, 7) is 4.73. The van der Waals surface area contributed by atoms with Crippen molar-refractivity contribution in [1.82, 2.24) is 0 Å². The molecule has 0 saturated heterocycles. The summed E-state index contributed by atoms with van der Waals surface area (Å²) in [5.41, 5.74) is 14.7. The molecule has 0 aliphatic heterocycles. The van der Waals surface area contributed by atoms with Gasteiger partial charge in [0, 0.05) is 16.2 Å². The van der Waals surface area contributed by atoms with Crippen LogP contribution in [0.25, 0.3) is 98.8 Å². The summed E-state index contributed by atoms with van der Waals surface area (Å²) in [6.07, 6.45) is 0. The van der Waals surface area contributed by atoms with Crippen LogP contribution in [0.15, 0.2) is 174 Å². The molecule has 0 atom stereocenters. The molecule has 10 aromatic rings. The molecular formula is C51H34O. The SMILES string of the molecule is CC1(C)c2ccccc2-c2ccc(-c3c4ccccc4c(-c4ccc(-c5cccc6oc7ccc8ccccc8c7c56)cc4)c4ccccc34)cc21. The summed E-state index contributed by atoms with van der Waals surface area (Å²) in [5.74, 6) is 0. The lowest BCUT2D eigenvalue weighted by Gasteiger charge is -2.23. The van der Waals surface area contributed by atoms with E-state index < -0.39 is 0 Å². The number of benzene rings is 9. The first-order valence-electron chi connectivity index (χ1n) is 18.2.